The zero-order valence-electron chi connectivity index (χ0n) is 14.7. The minimum atomic E-state index is -1.13. The first kappa shape index (κ1) is 19.8. The molecule has 0 aliphatic carbocycles. The van der Waals surface area contributed by atoms with Crippen LogP contribution in [-0.4, -0.2) is 42.0 Å². The van der Waals surface area contributed by atoms with Crippen molar-refractivity contribution >= 4 is 12.0 Å². The zero-order chi connectivity index (χ0) is 18.3. The second-order valence-electron chi connectivity index (χ2n) is 6.31. The van der Waals surface area contributed by atoms with Crippen molar-refractivity contribution in [2.45, 2.75) is 52.0 Å². The topological polar surface area (TPSA) is 96.9 Å². The fourth-order valence-electron chi connectivity index (χ4n) is 1.92. The van der Waals surface area contributed by atoms with Crippen LogP contribution in [0.25, 0.3) is 0 Å². The standard InChI is InChI=1S/C17H25N2O5/c1-11(20)14(19-16(22)24-17(2,3)4)15(21)18-10-12-8-6-7-9-13(12)23-5/h6-8,11,14,20H,10H2,1-5H3,(H,18,21)(H,19,22)/t11-,14+/m1/s1. The number of aliphatic hydroxyl groups excluding tert-OH is 1. The maximum absolute atomic E-state index is 12.3. The highest BCUT2D eigenvalue weighted by Gasteiger charge is 2.28. The Kier molecular flexibility index (Phi) is 7.03. The van der Waals surface area contributed by atoms with Crippen LogP contribution in [0.5, 0.6) is 5.75 Å². The van der Waals surface area contributed by atoms with Gasteiger partial charge in [-0.25, -0.2) is 4.79 Å². The number of para-hydroxylation sites is 1. The molecule has 0 spiro atoms. The van der Waals surface area contributed by atoms with Gasteiger partial charge in [0.1, 0.15) is 17.4 Å². The van der Waals surface area contributed by atoms with Crippen LogP contribution in [0.15, 0.2) is 18.2 Å². The Balaban J connectivity index is 2.68. The molecule has 0 aliphatic rings. The average Bonchev–Trinajstić information content (AvgIpc) is 2.48. The van der Waals surface area contributed by atoms with E-state index in [1.165, 1.54) is 14.0 Å². The number of alkyl carbamates (subject to hydrolysis) is 1. The number of benzene rings is 1. The van der Waals surface area contributed by atoms with Gasteiger partial charge < -0.3 is 25.2 Å². The summed E-state index contributed by atoms with van der Waals surface area (Å²) in [5.41, 5.74) is 0.0341. The molecule has 1 radical (unpaired) electrons. The molecular formula is C17H25N2O5. The number of carbonyl (C=O) groups is 2. The average molecular weight is 337 g/mol. The van der Waals surface area contributed by atoms with E-state index in [2.05, 4.69) is 16.7 Å². The monoisotopic (exact) mass is 337 g/mol. The minimum Gasteiger partial charge on any atom is -0.496 e. The molecule has 1 aromatic rings. The fourth-order valence-corrected chi connectivity index (χ4v) is 1.92. The molecule has 24 heavy (non-hydrogen) atoms. The SMILES string of the molecule is COc1[c]cccc1CNC(=O)[C@@H](NC(=O)OC(C)(C)C)[C@@H](C)O. The molecule has 2 amide bonds. The molecule has 2 atom stereocenters. The molecule has 0 bridgehead atoms. The third kappa shape index (κ3) is 6.45. The van der Waals surface area contributed by atoms with E-state index in [0.717, 1.165) is 5.56 Å². The number of ether oxygens (including phenoxy) is 2. The maximum atomic E-state index is 12.3. The van der Waals surface area contributed by atoms with E-state index in [1.807, 2.05) is 0 Å². The maximum Gasteiger partial charge on any atom is 0.408 e. The molecule has 0 aliphatic heterocycles. The number of hydrogen-bond acceptors (Lipinski definition) is 5. The lowest BCUT2D eigenvalue weighted by molar-refractivity contribution is -0.125. The van der Waals surface area contributed by atoms with Crippen LogP contribution in [-0.2, 0) is 16.1 Å². The largest absolute Gasteiger partial charge is 0.496 e. The van der Waals surface area contributed by atoms with Gasteiger partial charge in [0.15, 0.2) is 0 Å². The van der Waals surface area contributed by atoms with E-state index >= 15 is 0 Å². The van der Waals surface area contributed by atoms with Crippen molar-refractivity contribution in [2.24, 2.45) is 0 Å². The third-order valence-electron chi connectivity index (χ3n) is 2.99. The molecule has 0 saturated carbocycles. The lowest BCUT2D eigenvalue weighted by Gasteiger charge is -2.24. The van der Waals surface area contributed by atoms with Crippen LogP contribution in [0.2, 0.25) is 0 Å². The number of rotatable bonds is 6. The van der Waals surface area contributed by atoms with E-state index in [0.29, 0.717) is 5.75 Å². The van der Waals surface area contributed by atoms with Crippen molar-refractivity contribution in [1.29, 1.82) is 0 Å². The Bertz CT molecular complexity index is 566. The van der Waals surface area contributed by atoms with Crippen LogP contribution in [0, 0.1) is 6.07 Å². The highest BCUT2D eigenvalue weighted by Crippen LogP contribution is 2.16. The molecule has 133 valence electrons. The predicted octanol–water partition coefficient (Wildman–Crippen LogP) is 1.39. The van der Waals surface area contributed by atoms with Crippen LogP contribution in [0.4, 0.5) is 4.79 Å². The molecule has 0 unspecified atom stereocenters. The van der Waals surface area contributed by atoms with Gasteiger partial charge in [0, 0.05) is 18.2 Å². The Morgan fingerprint density at radius 1 is 1.38 bits per heavy atom. The van der Waals surface area contributed by atoms with Gasteiger partial charge in [-0.3, -0.25) is 4.79 Å². The first-order valence-corrected chi connectivity index (χ1v) is 7.63. The van der Waals surface area contributed by atoms with E-state index in [-0.39, 0.29) is 6.54 Å². The predicted molar refractivity (Wildman–Crippen MR) is 88.5 cm³/mol. The van der Waals surface area contributed by atoms with Gasteiger partial charge in [-0.15, -0.1) is 0 Å². The number of aliphatic hydroxyl groups is 1. The van der Waals surface area contributed by atoms with Gasteiger partial charge in [-0.1, -0.05) is 18.2 Å². The number of methoxy groups -OCH3 is 1. The summed E-state index contributed by atoms with van der Waals surface area (Å²) in [5, 5.41) is 14.8. The summed E-state index contributed by atoms with van der Waals surface area (Å²) >= 11 is 0. The summed E-state index contributed by atoms with van der Waals surface area (Å²) in [4.78, 5) is 24.1. The number of nitrogens with one attached hydrogen (secondary N) is 2. The van der Waals surface area contributed by atoms with Crippen LogP contribution in [0.3, 0.4) is 0 Å². The molecular weight excluding hydrogens is 312 g/mol. The highest BCUT2D eigenvalue weighted by atomic mass is 16.6. The second-order valence-corrected chi connectivity index (χ2v) is 6.31. The van der Waals surface area contributed by atoms with Crippen molar-refractivity contribution in [1.82, 2.24) is 10.6 Å². The summed E-state index contributed by atoms with van der Waals surface area (Å²) in [6.07, 6.45) is -1.85. The van der Waals surface area contributed by atoms with Gasteiger partial charge in [0.2, 0.25) is 5.91 Å². The van der Waals surface area contributed by atoms with Gasteiger partial charge in [0.25, 0.3) is 0 Å². The van der Waals surface area contributed by atoms with Gasteiger partial charge in [-0.2, -0.15) is 0 Å². The van der Waals surface area contributed by atoms with E-state index in [9.17, 15) is 14.7 Å². The molecule has 1 rings (SSSR count). The summed E-state index contributed by atoms with van der Waals surface area (Å²) in [7, 11) is 1.51. The Labute approximate surface area is 142 Å². The van der Waals surface area contributed by atoms with E-state index in [1.54, 1.807) is 39.0 Å². The van der Waals surface area contributed by atoms with Crippen molar-refractivity contribution in [2.75, 3.05) is 7.11 Å². The highest BCUT2D eigenvalue weighted by molar-refractivity contribution is 5.86. The van der Waals surface area contributed by atoms with Gasteiger partial charge >= 0.3 is 6.09 Å². The zero-order valence-corrected chi connectivity index (χ0v) is 14.7. The second kappa shape index (κ2) is 8.54. The summed E-state index contributed by atoms with van der Waals surface area (Å²) < 4.78 is 10.3. The molecule has 0 heterocycles. The Hall–Kier alpha value is -2.28. The van der Waals surface area contributed by atoms with Crippen molar-refractivity contribution in [3.8, 4) is 5.75 Å². The summed E-state index contributed by atoms with van der Waals surface area (Å²) in [5.74, 6) is -0.00624. The molecule has 1 aromatic carbocycles. The molecule has 0 saturated heterocycles. The number of amides is 2. The Morgan fingerprint density at radius 3 is 2.58 bits per heavy atom. The summed E-state index contributed by atoms with van der Waals surface area (Å²) in [6.45, 7) is 6.73. The summed E-state index contributed by atoms with van der Waals surface area (Å²) in [6, 6.07) is 7.04. The third-order valence-corrected chi connectivity index (χ3v) is 2.99. The van der Waals surface area contributed by atoms with Crippen LogP contribution < -0.4 is 15.4 Å². The fraction of sp³-hybridized carbons (Fsp3) is 0.529. The molecule has 0 aromatic heterocycles. The van der Waals surface area contributed by atoms with Gasteiger partial charge in [0.05, 0.1) is 13.2 Å². The van der Waals surface area contributed by atoms with Crippen molar-refractivity contribution in [3.05, 3.63) is 29.8 Å². The van der Waals surface area contributed by atoms with Crippen LogP contribution >= 0.6 is 0 Å². The minimum absolute atomic E-state index is 0.179. The molecule has 0 fully saturated rings. The van der Waals surface area contributed by atoms with E-state index in [4.69, 9.17) is 9.47 Å². The van der Waals surface area contributed by atoms with Crippen molar-refractivity contribution < 1.29 is 24.2 Å². The molecule has 7 nitrogen and oxygen atoms in total. The van der Waals surface area contributed by atoms with Gasteiger partial charge in [-0.05, 0) is 27.7 Å². The lowest BCUT2D eigenvalue weighted by Crippen LogP contribution is -2.53. The normalized spacial score (nSPS) is 13.6. The van der Waals surface area contributed by atoms with E-state index < -0.39 is 29.7 Å². The first-order chi connectivity index (χ1) is 11.1. The molecule has 7 heteroatoms. The van der Waals surface area contributed by atoms with Crippen LogP contribution in [0.1, 0.15) is 33.3 Å². The number of carbonyl (C=O) groups excluding carboxylic acids is 2. The molecule has 3 N–H and O–H groups in total. The quantitative estimate of drug-likeness (QED) is 0.729. The Morgan fingerprint density at radius 2 is 2.04 bits per heavy atom. The number of hydrogen-bond donors (Lipinski definition) is 3. The smallest absolute Gasteiger partial charge is 0.408 e. The lowest BCUT2D eigenvalue weighted by atomic mass is 10.1. The first-order valence-electron chi connectivity index (χ1n) is 7.63. The van der Waals surface area contributed by atoms with Crippen molar-refractivity contribution in [3.63, 3.8) is 0 Å².